The summed E-state index contributed by atoms with van der Waals surface area (Å²) >= 11 is 1.47. The SMILES string of the molecule is CCCCC(N)c1nc(C(=O)NCCCCOc2ccc(C(C)(C)CC)cc2C(C)(C)CC)cs1. The highest BCUT2D eigenvalue weighted by molar-refractivity contribution is 7.09. The minimum Gasteiger partial charge on any atom is -0.493 e. The van der Waals surface area contributed by atoms with Crippen molar-refractivity contribution in [1.29, 1.82) is 0 Å². The topological polar surface area (TPSA) is 77.2 Å². The third-order valence-electron chi connectivity index (χ3n) is 7.31. The molecule has 0 saturated heterocycles. The zero-order valence-corrected chi connectivity index (χ0v) is 23.8. The Hall–Kier alpha value is -1.92. The molecule has 6 heteroatoms. The smallest absolute Gasteiger partial charge is 0.270 e. The van der Waals surface area contributed by atoms with Crippen LogP contribution in [0.5, 0.6) is 5.75 Å². The van der Waals surface area contributed by atoms with Crippen molar-refractivity contribution >= 4 is 17.2 Å². The quantitative estimate of drug-likeness (QED) is 0.251. The van der Waals surface area contributed by atoms with Crippen molar-refractivity contribution in [3.8, 4) is 5.75 Å². The van der Waals surface area contributed by atoms with Gasteiger partial charge in [-0.15, -0.1) is 11.3 Å². The highest BCUT2D eigenvalue weighted by Gasteiger charge is 2.26. The zero-order chi connectivity index (χ0) is 26.1. The van der Waals surface area contributed by atoms with Gasteiger partial charge in [0.05, 0.1) is 12.6 Å². The van der Waals surface area contributed by atoms with Crippen molar-refractivity contribution in [2.24, 2.45) is 5.73 Å². The van der Waals surface area contributed by atoms with Crippen LogP contribution in [0.4, 0.5) is 0 Å². The lowest BCUT2D eigenvalue weighted by molar-refractivity contribution is 0.0948. The van der Waals surface area contributed by atoms with Crippen LogP contribution in [-0.4, -0.2) is 24.0 Å². The van der Waals surface area contributed by atoms with Gasteiger partial charge in [-0.05, 0) is 54.6 Å². The minimum absolute atomic E-state index is 0.0502. The molecule has 0 aliphatic heterocycles. The van der Waals surface area contributed by atoms with Gasteiger partial charge >= 0.3 is 0 Å². The van der Waals surface area contributed by atoms with Gasteiger partial charge in [-0.3, -0.25) is 4.79 Å². The number of carbonyl (C=O) groups is 1. The summed E-state index contributed by atoms with van der Waals surface area (Å²) in [6.07, 6.45) is 6.96. The maximum atomic E-state index is 12.4. The number of carbonyl (C=O) groups excluding carboxylic acids is 1. The molecule has 0 fully saturated rings. The van der Waals surface area contributed by atoms with Crippen LogP contribution in [0.2, 0.25) is 0 Å². The molecule has 1 aromatic heterocycles. The summed E-state index contributed by atoms with van der Waals surface area (Å²) in [5, 5.41) is 5.63. The van der Waals surface area contributed by atoms with E-state index in [4.69, 9.17) is 10.5 Å². The molecule has 1 atom stereocenters. The van der Waals surface area contributed by atoms with E-state index in [2.05, 4.69) is 77.0 Å². The van der Waals surface area contributed by atoms with Crippen molar-refractivity contribution in [1.82, 2.24) is 10.3 Å². The van der Waals surface area contributed by atoms with Crippen LogP contribution in [-0.2, 0) is 10.8 Å². The molecule has 196 valence electrons. The van der Waals surface area contributed by atoms with Gasteiger partial charge in [-0.2, -0.15) is 0 Å². The predicted molar refractivity (Wildman–Crippen MR) is 149 cm³/mol. The van der Waals surface area contributed by atoms with Crippen molar-refractivity contribution in [2.75, 3.05) is 13.2 Å². The first-order valence-electron chi connectivity index (χ1n) is 13.3. The summed E-state index contributed by atoms with van der Waals surface area (Å²) in [7, 11) is 0. The summed E-state index contributed by atoms with van der Waals surface area (Å²) in [5.74, 6) is 0.850. The van der Waals surface area contributed by atoms with Gasteiger partial charge in [0.25, 0.3) is 5.91 Å². The fourth-order valence-corrected chi connectivity index (χ4v) is 4.65. The van der Waals surface area contributed by atoms with Gasteiger partial charge in [-0.1, -0.05) is 73.4 Å². The normalized spacial score (nSPS) is 13.0. The Morgan fingerprint density at radius 1 is 1.09 bits per heavy atom. The largest absolute Gasteiger partial charge is 0.493 e. The first-order chi connectivity index (χ1) is 16.6. The molecule has 1 heterocycles. The lowest BCUT2D eigenvalue weighted by atomic mass is 9.76. The number of hydrogen-bond acceptors (Lipinski definition) is 5. The number of rotatable bonds is 15. The van der Waals surface area contributed by atoms with Gasteiger partial charge in [0.15, 0.2) is 0 Å². The Morgan fingerprint density at radius 2 is 1.80 bits per heavy atom. The molecule has 2 aromatic rings. The third kappa shape index (κ3) is 8.32. The Balaban J connectivity index is 1.85. The summed E-state index contributed by atoms with van der Waals surface area (Å²) in [4.78, 5) is 16.9. The van der Waals surface area contributed by atoms with Crippen LogP contribution in [0.25, 0.3) is 0 Å². The number of ether oxygens (including phenoxy) is 1. The average Bonchev–Trinajstić information content (AvgIpc) is 3.35. The van der Waals surface area contributed by atoms with E-state index in [0.717, 1.165) is 55.7 Å². The number of nitrogens with two attached hydrogens (primary N) is 1. The molecule has 1 amide bonds. The maximum Gasteiger partial charge on any atom is 0.270 e. The van der Waals surface area contributed by atoms with Gasteiger partial charge in [0.1, 0.15) is 16.5 Å². The number of nitrogens with one attached hydrogen (secondary N) is 1. The monoisotopic (exact) mass is 501 g/mol. The average molecular weight is 502 g/mol. The van der Waals surface area contributed by atoms with E-state index in [0.29, 0.717) is 18.8 Å². The Morgan fingerprint density at radius 3 is 2.46 bits per heavy atom. The number of aromatic nitrogens is 1. The van der Waals surface area contributed by atoms with Gasteiger partial charge < -0.3 is 15.8 Å². The van der Waals surface area contributed by atoms with Crippen LogP contribution < -0.4 is 15.8 Å². The Labute approximate surface area is 217 Å². The second kappa shape index (κ2) is 13.4. The molecule has 1 unspecified atom stereocenters. The lowest BCUT2D eigenvalue weighted by Gasteiger charge is -2.30. The molecule has 1 aromatic carbocycles. The highest BCUT2D eigenvalue weighted by atomic mass is 32.1. The van der Waals surface area contributed by atoms with Gasteiger partial charge in [-0.25, -0.2) is 4.98 Å². The summed E-state index contributed by atoms with van der Waals surface area (Å²) in [5.41, 5.74) is 9.49. The summed E-state index contributed by atoms with van der Waals surface area (Å²) < 4.78 is 6.24. The van der Waals surface area contributed by atoms with E-state index in [-0.39, 0.29) is 22.8 Å². The molecule has 35 heavy (non-hydrogen) atoms. The van der Waals surface area contributed by atoms with E-state index >= 15 is 0 Å². The Bertz CT molecular complexity index is 936. The van der Waals surface area contributed by atoms with Crippen molar-refractivity contribution in [3.63, 3.8) is 0 Å². The lowest BCUT2D eigenvalue weighted by Crippen LogP contribution is -2.25. The second-order valence-corrected chi connectivity index (χ2v) is 11.7. The van der Waals surface area contributed by atoms with Gasteiger partial charge in [0, 0.05) is 17.5 Å². The van der Waals surface area contributed by atoms with Crippen molar-refractivity contribution in [2.45, 2.75) is 110 Å². The minimum atomic E-state index is -0.128. The number of thiazole rings is 1. The molecule has 0 aliphatic rings. The van der Waals surface area contributed by atoms with Crippen LogP contribution in [0, 0.1) is 0 Å². The van der Waals surface area contributed by atoms with E-state index in [1.807, 2.05) is 0 Å². The highest BCUT2D eigenvalue weighted by Crippen LogP contribution is 2.38. The molecular weight excluding hydrogens is 454 g/mol. The molecule has 3 N–H and O–H groups in total. The molecule has 0 spiro atoms. The van der Waals surface area contributed by atoms with E-state index in [1.54, 1.807) is 5.38 Å². The van der Waals surface area contributed by atoms with Crippen LogP contribution in [0.1, 0.15) is 126 Å². The summed E-state index contributed by atoms with van der Waals surface area (Å²) in [6.45, 7) is 17.0. The second-order valence-electron chi connectivity index (χ2n) is 10.8. The van der Waals surface area contributed by atoms with Gasteiger partial charge in [0.2, 0.25) is 0 Å². The molecule has 2 rings (SSSR count). The van der Waals surface area contributed by atoms with Crippen LogP contribution >= 0.6 is 11.3 Å². The molecular formula is C29H47N3O2S. The molecule has 0 radical (unpaired) electrons. The number of nitrogens with zero attached hydrogens (tertiary/aromatic N) is 1. The molecule has 5 nitrogen and oxygen atoms in total. The Kier molecular flexibility index (Phi) is 11.2. The van der Waals surface area contributed by atoms with E-state index in [9.17, 15) is 4.79 Å². The number of amides is 1. The van der Waals surface area contributed by atoms with Crippen LogP contribution in [0.3, 0.4) is 0 Å². The number of hydrogen-bond donors (Lipinski definition) is 2. The fraction of sp³-hybridized carbons (Fsp3) is 0.655. The van der Waals surface area contributed by atoms with E-state index < -0.39 is 0 Å². The van der Waals surface area contributed by atoms with E-state index in [1.165, 1.54) is 22.5 Å². The standard InChI is InChI=1S/C29H47N3O2S/c1-8-11-14-23(30)27-32-24(20-35-27)26(33)31-17-12-13-18-34-25-16-15-21(28(4,5)9-2)19-22(25)29(6,7)10-3/h15-16,19-20,23H,8-14,17-18,30H2,1-7H3,(H,31,33). The van der Waals surface area contributed by atoms with Crippen LogP contribution in [0.15, 0.2) is 23.6 Å². The molecule has 0 aliphatic carbocycles. The molecule has 0 saturated carbocycles. The van der Waals surface area contributed by atoms with Crippen molar-refractivity contribution < 1.29 is 9.53 Å². The molecule has 0 bridgehead atoms. The number of benzene rings is 1. The third-order valence-corrected chi connectivity index (χ3v) is 8.29. The maximum absolute atomic E-state index is 12.4. The fourth-order valence-electron chi connectivity index (χ4n) is 3.81. The summed E-state index contributed by atoms with van der Waals surface area (Å²) in [6, 6.07) is 6.62. The number of unbranched alkanes of at least 4 members (excludes halogenated alkanes) is 2. The predicted octanol–water partition coefficient (Wildman–Crippen LogP) is 7.30. The first-order valence-corrected chi connectivity index (χ1v) is 14.2. The van der Waals surface area contributed by atoms with Crippen molar-refractivity contribution in [3.05, 3.63) is 45.4 Å². The first kappa shape index (κ1) is 29.3. The zero-order valence-electron chi connectivity index (χ0n) is 23.0.